The van der Waals surface area contributed by atoms with Crippen LogP contribution in [0, 0.1) is 0 Å². The van der Waals surface area contributed by atoms with Crippen molar-refractivity contribution in [2.45, 2.75) is 31.7 Å². The van der Waals surface area contributed by atoms with Gasteiger partial charge >= 0.3 is 0 Å². The van der Waals surface area contributed by atoms with Crippen molar-refractivity contribution in [3.05, 3.63) is 64.6 Å². The van der Waals surface area contributed by atoms with Crippen LogP contribution in [0.2, 0.25) is 0 Å². The van der Waals surface area contributed by atoms with Gasteiger partial charge in [0.15, 0.2) is 0 Å². The summed E-state index contributed by atoms with van der Waals surface area (Å²) in [6.07, 6.45) is 3.18. The molecule has 0 aliphatic carbocycles. The summed E-state index contributed by atoms with van der Waals surface area (Å²) in [6, 6.07) is 12.7. The number of anilines is 1. The molecule has 0 bridgehead atoms. The highest BCUT2D eigenvalue weighted by molar-refractivity contribution is 7.80. The van der Waals surface area contributed by atoms with Crippen LogP contribution in [0.15, 0.2) is 53.3 Å². The smallest absolute Gasteiger partial charge is 0.268 e. The summed E-state index contributed by atoms with van der Waals surface area (Å²) >= 11 is 4.18. The zero-order valence-electron chi connectivity index (χ0n) is 14.4. The van der Waals surface area contributed by atoms with Crippen molar-refractivity contribution in [3.8, 4) is 0 Å². The maximum atomic E-state index is 12.6. The van der Waals surface area contributed by atoms with Crippen molar-refractivity contribution in [1.29, 1.82) is 0 Å². The zero-order valence-corrected chi connectivity index (χ0v) is 15.3. The van der Waals surface area contributed by atoms with Gasteiger partial charge in [0, 0.05) is 11.8 Å². The van der Waals surface area contributed by atoms with Gasteiger partial charge in [-0.05, 0) is 36.8 Å². The molecule has 0 spiro atoms. The Kier molecular flexibility index (Phi) is 7.95. The molecule has 2 amide bonds. The van der Waals surface area contributed by atoms with Gasteiger partial charge in [-0.15, -0.1) is 0 Å². The second-order valence-electron chi connectivity index (χ2n) is 5.88. The van der Waals surface area contributed by atoms with Crippen LogP contribution in [-0.2, 0) is 4.79 Å². The predicted octanol–water partition coefficient (Wildman–Crippen LogP) is 2.60. The number of aromatic nitrogens is 1. The Morgan fingerprint density at radius 1 is 1.00 bits per heavy atom. The van der Waals surface area contributed by atoms with E-state index in [1.54, 1.807) is 12.1 Å². The second-order valence-corrected chi connectivity index (χ2v) is 6.33. The molecule has 2 rings (SSSR count). The first-order valence-corrected chi connectivity index (χ1v) is 9.20. The summed E-state index contributed by atoms with van der Waals surface area (Å²) in [6.45, 7) is 0. The average molecular weight is 373 g/mol. The van der Waals surface area contributed by atoms with E-state index in [0.29, 0.717) is 12.1 Å². The summed E-state index contributed by atoms with van der Waals surface area (Å²) in [4.78, 5) is 38.8. The molecule has 3 N–H and O–H groups in total. The first kappa shape index (κ1) is 19.8. The molecule has 7 heteroatoms. The molecule has 2 aromatic rings. The molecule has 0 aliphatic heterocycles. The third kappa shape index (κ3) is 6.40. The van der Waals surface area contributed by atoms with Crippen LogP contribution >= 0.6 is 12.6 Å². The third-order valence-electron chi connectivity index (χ3n) is 3.83. The topological polar surface area (TPSA) is 91.1 Å². The van der Waals surface area contributed by atoms with Gasteiger partial charge in [0.25, 0.3) is 5.91 Å². The van der Waals surface area contributed by atoms with Gasteiger partial charge in [-0.3, -0.25) is 14.4 Å². The van der Waals surface area contributed by atoms with Crippen LogP contribution in [0.3, 0.4) is 0 Å². The molecular formula is C19H23N3O3S. The normalized spacial score (nSPS) is 11.6. The maximum Gasteiger partial charge on any atom is 0.268 e. The minimum Gasteiger partial charge on any atom is -0.339 e. The van der Waals surface area contributed by atoms with Gasteiger partial charge in [-0.2, -0.15) is 12.6 Å². The van der Waals surface area contributed by atoms with E-state index in [1.807, 2.05) is 18.2 Å². The number of pyridine rings is 1. The largest absolute Gasteiger partial charge is 0.339 e. The van der Waals surface area contributed by atoms with E-state index in [4.69, 9.17) is 0 Å². The van der Waals surface area contributed by atoms with Crippen LogP contribution in [0.4, 0.5) is 5.69 Å². The first-order chi connectivity index (χ1) is 12.6. The fourth-order valence-electron chi connectivity index (χ4n) is 2.47. The van der Waals surface area contributed by atoms with Gasteiger partial charge < -0.3 is 15.6 Å². The second kappa shape index (κ2) is 10.5. The van der Waals surface area contributed by atoms with Gasteiger partial charge in [-0.25, -0.2) is 0 Å². The number of para-hydroxylation sites is 1. The minimum absolute atomic E-state index is 0.130. The SMILES string of the molecule is O=C(N[C@@H](CCCCCS)C(=O)Nc1ccccc1)c1cccc(=O)[nH]1. The van der Waals surface area contributed by atoms with Crippen molar-refractivity contribution in [3.63, 3.8) is 0 Å². The van der Waals surface area contributed by atoms with E-state index in [9.17, 15) is 14.4 Å². The molecule has 0 unspecified atom stereocenters. The van der Waals surface area contributed by atoms with Gasteiger partial charge in [0.2, 0.25) is 11.5 Å². The summed E-state index contributed by atoms with van der Waals surface area (Å²) in [5.41, 5.74) is 0.433. The van der Waals surface area contributed by atoms with Crippen LogP contribution < -0.4 is 16.2 Å². The molecule has 26 heavy (non-hydrogen) atoms. The molecule has 1 aromatic heterocycles. The van der Waals surface area contributed by atoms with E-state index in [2.05, 4.69) is 28.2 Å². The Morgan fingerprint density at radius 3 is 2.46 bits per heavy atom. The number of rotatable bonds is 9. The number of unbranched alkanes of at least 4 members (excludes halogenated alkanes) is 2. The average Bonchev–Trinajstić information content (AvgIpc) is 2.65. The lowest BCUT2D eigenvalue weighted by Crippen LogP contribution is -2.44. The summed E-state index contributed by atoms with van der Waals surface area (Å²) in [5, 5.41) is 5.53. The monoisotopic (exact) mass is 373 g/mol. The quantitative estimate of drug-likeness (QED) is 0.402. The molecule has 0 saturated carbocycles. The van der Waals surface area contributed by atoms with Gasteiger partial charge in [-0.1, -0.05) is 37.1 Å². The summed E-state index contributed by atoms with van der Waals surface area (Å²) < 4.78 is 0. The maximum absolute atomic E-state index is 12.6. The van der Waals surface area contributed by atoms with Crippen molar-refractivity contribution in [2.24, 2.45) is 0 Å². The number of H-pyrrole nitrogens is 1. The number of carbonyl (C=O) groups excluding carboxylic acids is 2. The Bertz CT molecular complexity index is 777. The van der Waals surface area contributed by atoms with E-state index in [-0.39, 0.29) is 17.2 Å². The highest BCUT2D eigenvalue weighted by Gasteiger charge is 2.21. The van der Waals surface area contributed by atoms with Crippen LogP contribution in [-0.4, -0.2) is 28.6 Å². The Labute approximate surface area is 157 Å². The molecule has 1 heterocycles. The molecule has 138 valence electrons. The number of amides is 2. The number of hydrogen-bond acceptors (Lipinski definition) is 4. The zero-order chi connectivity index (χ0) is 18.8. The lowest BCUT2D eigenvalue weighted by Gasteiger charge is -2.18. The fraction of sp³-hybridized carbons (Fsp3) is 0.316. The summed E-state index contributed by atoms with van der Waals surface area (Å²) in [7, 11) is 0. The molecular weight excluding hydrogens is 350 g/mol. The van der Waals surface area contributed by atoms with Crippen molar-refractivity contribution in [2.75, 3.05) is 11.1 Å². The van der Waals surface area contributed by atoms with Gasteiger partial charge in [0.1, 0.15) is 11.7 Å². The van der Waals surface area contributed by atoms with Crippen molar-refractivity contribution >= 4 is 30.1 Å². The van der Waals surface area contributed by atoms with Crippen molar-refractivity contribution in [1.82, 2.24) is 10.3 Å². The molecule has 0 saturated heterocycles. The molecule has 1 atom stereocenters. The van der Waals surface area contributed by atoms with E-state index in [1.165, 1.54) is 18.2 Å². The number of thiol groups is 1. The number of aromatic amines is 1. The highest BCUT2D eigenvalue weighted by Crippen LogP contribution is 2.10. The van der Waals surface area contributed by atoms with E-state index in [0.717, 1.165) is 25.0 Å². The molecule has 6 nitrogen and oxygen atoms in total. The van der Waals surface area contributed by atoms with Crippen LogP contribution in [0.5, 0.6) is 0 Å². The molecule has 0 fully saturated rings. The van der Waals surface area contributed by atoms with E-state index < -0.39 is 11.9 Å². The Hall–Kier alpha value is -2.54. The van der Waals surface area contributed by atoms with Crippen molar-refractivity contribution < 1.29 is 9.59 Å². The molecule has 0 radical (unpaired) electrons. The Morgan fingerprint density at radius 2 is 1.77 bits per heavy atom. The first-order valence-electron chi connectivity index (χ1n) is 8.57. The third-order valence-corrected chi connectivity index (χ3v) is 4.14. The van der Waals surface area contributed by atoms with E-state index >= 15 is 0 Å². The number of hydrogen-bond donors (Lipinski definition) is 4. The number of benzene rings is 1. The van der Waals surface area contributed by atoms with Gasteiger partial charge in [0.05, 0.1) is 0 Å². The molecule has 0 aliphatic rings. The predicted molar refractivity (Wildman–Crippen MR) is 106 cm³/mol. The highest BCUT2D eigenvalue weighted by atomic mass is 32.1. The summed E-state index contributed by atoms with van der Waals surface area (Å²) in [5.74, 6) is 0.0252. The number of carbonyl (C=O) groups is 2. The lowest BCUT2D eigenvalue weighted by molar-refractivity contribution is -0.118. The minimum atomic E-state index is -0.689. The van der Waals surface area contributed by atoms with Crippen LogP contribution in [0.1, 0.15) is 36.2 Å². The molecule has 1 aromatic carbocycles. The standard InChI is InChI=1S/C19H23N3O3S/c23-17-12-7-11-15(21-17)19(25)22-16(10-5-2-6-13-26)18(24)20-14-8-3-1-4-9-14/h1,3-4,7-9,11-12,16,26H,2,5-6,10,13H2,(H,20,24)(H,21,23)(H,22,25)/t16-/m0/s1. The number of nitrogens with one attached hydrogen (secondary N) is 3. The Balaban J connectivity index is 2.05. The fourth-order valence-corrected chi connectivity index (χ4v) is 2.70. The van der Waals surface area contributed by atoms with Crippen LogP contribution in [0.25, 0.3) is 0 Å². The lowest BCUT2D eigenvalue weighted by atomic mass is 10.1.